The lowest BCUT2D eigenvalue weighted by Crippen LogP contribution is -2.54. The highest BCUT2D eigenvalue weighted by atomic mass is 19.4. The van der Waals surface area contributed by atoms with E-state index in [1.807, 2.05) is 11.9 Å². The second-order valence-electron chi connectivity index (χ2n) is 5.47. The van der Waals surface area contributed by atoms with Crippen molar-refractivity contribution in [3.8, 4) is 0 Å². The number of halogens is 3. The molecule has 2 aliphatic rings. The van der Waals surface area contributed by atoms with Crippen LogP contribution >= 0.6 is 0 Å². The lowest BCUT2D eigenvalue weighted by atomic mass is 9.85. The van der Waals surface area contributed by atoms with Crippen LogP contribution in [0.25, 0.3) is 0 Å². The molecule has 0 saturated carbocycles. The van der Waals surface area contributed by atoms with E-state index in [1.165, 1.54) is 0 Å². The normalized spacial score (nSPS) is 32.3. The quantitative estimate of drug-likeness (QED) is 0.768. The molecular weight excluding hydrogens is 275 g/mol. The van der Waals surface area contributed by atoms with E-state index < -0.39 is 17.5 Å². The Morgan fingerprint density at radius 1 is 1.55 bits per heavy atom. The van der Waals surface area contributed by atoms with Crippen LogP contribution in [0.1, 0.15) is 6.42 Å². The molecule has 0 spiro atoms. The molecule has 0 bridgehead atoms. The maximum atomic E-state index is 13.2. The predicted octanol–water partition coefficient (Wildman–Crippen LogP) is -0.0248. The average Bonchev–Trinajstić information content (AvgIpc) is 2.86. The van der Waals surface area contributed by atoms with E-state index in [-0.39, 0.29) is 32.2 Å². The van der Waals surface area contributed by atoms with Gasteiger partial charge in [-0.25, -0.2) is 0 Å². The van der Waals surface area contributed by atoms with Gasteiger partial charge in [0.1, 0.15) is 0 Å². The van der Waals surface area contributed by atoms with E-state index in [0.717, 1.165) is 6.54 Å². The number of alkyl halides is 3. The number of morpholine rings is 1. The molecule has 0 aliphatic carbocycles. The zero-order chi connectivity index (χ0) is 14.8. The van der Waals surface area contributed by atoms with Crippen molar-refractivity contribution < 1.29 is 22.7 Å². The second-order valence-corrected chi connectivity index (χ2v) is 5.47. The van der Waals surface area contributed by atoms with Gasteiger partial charge in [0.2, 0.25) is 5.91 Å². The van der Waals surface area contributed by atoms with Crippen molar-refractivity contribution in [2.45, 2.75) is 18.7 Å². The summed E-state index contributed by atoms with van der Waals surface area (Å²) in [5.41, 5.74) is -2.30. The number of hydrogen-bond acceptors (Lipinski definition) is 4. The van der Waals surface area contributed by atoms with E-state index in [0.29, 0.717) is 13.2 Å². The standard InChI is InChI=1S/C12H20F3N3O2/c1-18-4-5-20-9(7-18)6-17-10(19)11(12(13,14)15)2-3-16-8-11/h9,16H,2-8H2,1H3,(H,17,19). The topological polar surface area (TPSA) is 53.6 Å². The number of likely N-dealkylation sites (N-methyl/N-ethyl adjacent to an activating group) is 1. The van der Waals surface area contributed by atoms with Crippen LogP contribution in [0.4, 0.5) is 13.2 Å². The first-order valence-electron chi connectivity index (χ1n) is 6.71. The SMILES string of the molecule is CN1CCOC(CNC(=O)C2(C(F)(F)F)CCNC2)C1. The Balaban J connectivity index is 1.93. The minimum atomic E-state index is -4.54. The summed E-state index contributed by atoms with van der Waals surface area (Å²) in [6.07, 6.45) is -5.00. The first kappa shape index (κ1) is 15.5. The second kappa shape index (κ2) is 5.87. The Kier molecular flexibility index (Phi) is 4.55. The first-order chi connectivity index (χ1) is 9.35. The Hall–Kier alpha value is -0.860. The number of amides is 1. The molecular formula is C12H20F3N3O2. The highest BCUT2D eigenvalue weighted by Gasteiger charge is 2.61. The van der Waals surface area contributed by atoms with Gasteiger partial charge in [-0.3, -0.25) is 4.79 Å². The number of carbonyl (C=O) groups excluding carboxylic acids is 1. The number of carbonyl (C=O) groups is 1. The van der Waals surface area contributed by atoms with Crippen LogP contribution in [0, 0.1) is 5.41 Å². The van der Waals surface area contributed by atoms with Crippen LogP contribution in [-0.4, -0.2) is 69.5 Å². The maximum absolute atomic E-state index is 13.2. The van der Waals surface area contributed by atoms with Gasteiger partial charge < -0.3 is 20.3 Å². The lowest BCUT2D eigenvalue weighted by Gasteiger charge is -2.33. The maximum Gasteiger partial charge on any atom is 0.404 e. The van der Waals surface area contributed by atoms with E-state index in [1.54, 1.807) is 0 Å². The summed E-state index contributed by atoms with van der Waals surface area (Å²) < 4.78 is 44.9. The monoisotopic (exact) mass is 295 g/mol. The highest BCUT2D eigenvalue weighted by Crippen LogP contribution is 2.43. The van der Waals surface area contributed by atoms with Crippen LogP contribution in [0.15, 0.2) is 0 Å². The molecule has 0 aromatic carbocycles. The highest BCUT2D eigenvalue weighted by molar-refractivity contribution is 5.84. The fourth-order valence-corrected chi connectivity index (χ4v) is 2.62. The summed E-state index contributed by atoms with van der Waals surface area (Å²) in [4.78, 5) is 14.0. The van der Waals surface area contributed by atoms with Gasteiger partial charge in [-0.1, -0.05) is 0 Å². The van der Waals surface area contributed by atoms with Gasteiger partial charge in [0.05, 0.1) is 12.7 Å². The first-order valence-corrected chi connectivity index (χ1v) is 6.71. The number of hydrogen-bond donors (Lipinski definition) is 2. The number of nitrogens with zero attached hydrogens (tertiary/aromatic N) is 1. The minimum absolute atomic E-state index is 0.112. The van der Waals surface area contributed by atoms with Crippen LogP contribution in [0.3, 0.4) is 0 Å². The van der Waals surface area contributed by atoms with Crippen LogP contribution in [0.2, 0.25) is 0 Å². The molecule has 0 aromatic rings. The summed E-state index contributed by atoms with van der Waals surface area (Å²) in [5, 5.41) is 5.04. The van der Waals surface area contributed by atoms with Crippen molar-refractivity contribution in [2.75, 3.05) is 46.4 Å². The Labute approximate surface area is 115 Å². The number of ether oxygens (including phenoxy) is 1. The van der Waals surface area contributed by atoms with Gasteiger partial charge in [0.25, 0.3) is 0 Å². The molecule has 1 amide bonds. The van der Waals surface area contributed by atoms with Crippen LogP contribution in [0.5, 0.6) is 0 Å². The molecule has 5 nitrogen and oxygen atoms in total. The van der Waals surface area contributed by atoms with Crippen LogP contribution < -0.4 is 10.6 Å². The molecule has 20 heavy (non-hydrogen) atoms. The molecule has 0 radical (unpaired) electrons. The van der Waals surface area contributed by atoms with Gasteiger partial charge in [-0.2, -0.15) is 13.2 Å². The number of rotatable bonds is 3. The van der Waals surface area contributed by atoms with Crippen molar-refractivity contribution in [3.05, 3.63) is 0 Å². The van der Waals surface area contributed by atoms with E-state index >= 15 is 0 Å². The molecule has 2 heterocycles. The molecule has 2 aliphatic heterocycles. The largest absolute Gasteiger partial charge is 0.404 e. The van der Waals surface area contributed by atoms with Crippen molar-refractivity contribution in [2.24, 2.45) is 5.41 Å². The zero-order valence-corrected chi connectivity index (χ0v) is 11.4. The van der Waals surface area contributed by atoms with E-state index in [2.05, 4.69) is 10.6 Å². The van der Waals surface area contributed by atoms with Crippen molar-refractivity contribution in [1.82, 2.24) is 15.5 Å². The molecule has 2 unspecified atom stereocenters. The lowest BCUT2D eigenvalue weighted by molar-refractivity contribution is -0.216. The van der Waals surface area contributed by atoms with Gasteiger partial charge in [-0.15, -0.1) is 0 Å². The summed E-state index contributed by atoms with van der Waals surface area (Å²) in [6.45, 7) is 1.89. The Bertz CT molecular complexity index is 356. The minimum Gasteiger partial charge on any atom is -0.374 e. The number of nitrogens with one attached hydrogen (secondary N) is 2. The van der Waals surface area contributed by atoms with E-state index in [9.17, 15) is 18.0 Å². The fourth-order valence-electron chi connectivity index (χ4n) is 2.62. The molecule has 0 aromatic heterocycles. The molecule has 2 rings (SSSR count). The van der Waals surface area contributed by atoms with Gasteiger partial charge >= 0.3 is 6.18 Å². The smallest absolute Gasteiger partial charge is 0.374 e. The van der Waals surface area contributed by atoms with Crippen molar-refractivity contribution in [1.29, 1.82) is 0 Å². The molecule has 2 atom stereocenters. The molecule has 2 saturated heterocycles. The predicted molar refractivity (Wildman–Crippen MR) is 66.2 cm³/mol. The summed E-state index contributed by atoms with van der Waals surface area (Å²) in [5.74, 6) is -0.952. The fraction of sp³-hybridized carbons (Fsp3) is 0.917. The molecule has 2 N–H and O–H groups in total. The van der Waals surface area contributed by atoms with Gasteiger partial charge in [-0.05, 0) is 20.0 Å². The third kappa shape index (κ3) is 3.07. The molecule has 116 valence electrons. The van der Waals surface area contributed by atoms with Crippen LogP contribution in [-0.2, 0) is 9.53 Å². The van der Waals surface area contributed by atoms with Gasteiger partial charge in [0.15, 0.2) is 5.41 Å². The van der Waals surface area contributed by atoms with E-state index in [4.69, 9.17) is 4.74 Å². The summed E-state index contributed by atoms with van der Waals surface area (Å²) in [6, 6.07) is 0. The third-order valence-corrected chi connectivity index (χ3v) is 3.96. The van der Waals surface area contributed by atoms with Crippen molar-refractivity contribution in [3.63, 3.8) is 0 Å². The molecule has 2 fully saturated rings. The zero-order valence-electron chi connectivity index (χ0n) is 11.4. The van der Waals surface area contributed by atoms with Crippen molar-refractivity contribution >= 4 is 5.91 Å². The summed E-state index contributed by atoms with van der Waals surface area (Å²) >= 11 is 0. The Morgan fingerprint density at radius 3 is 2.85 bits per heavy atom. The van der Waals surface area contributed by atoms with Gasteiger partial charge in [0, 0.05) is 26.2 Å². The third-order valence-electron chi connectivity index (χ3n) is 3.96. The Morgan fingerprint density at radius 2 is 2.30 bits per heavy atom. The summed E-state index contributed by atoms with van der Waals surface area (Å²) in [7, 11) is 1.91. The molecule has 8 heteroatoms. The average molecular weight is 295 g/mol.